The van der Waals surface area contributed by atoms with Crippen molar-refractivity contribution in [2.24, 2.45) is 0 Å². The van der Waals surface area contributed by atoms with E-state index in [0.29, 0.717) is 15.7 Å². The Morgan fingerprint density at radius 2 is 1.90 bits per heavy atom. The molecular formula is C15H14Cl2N2O. The van der Waals surface area contributed by atoms with Crippen LogP contribution in [0.15, 0.2) is 30.3 Å². The van der Waals surface area contributed by atoms with Crippen molar-refractivity contribution in [1.29, 1.82) is 0 Å². The molecule has 0 saturated carbocycles. The highest BCUT2D eigenvalue weighted by Gasteiger charge is 2.26. The Morgan fingerprint density at radius 3 is 2.60 bits per heavy atom. The molecule has 1 aromatic heterocycles. The smallest absolute Gasteiger partial charge is 0.136 e. The second kappa shape index (κ2) is 5.70. The molecule has 3 nitrogen and oxygen atoms in total. The van der Waals surface area contributed by atoms with E-state index in [4.69, 9.17) is 23.2 Å². The summed E-state index contributed by atoms with van der Waals surface area (Å²) in [6.45, 7) is 2.13. The maximum absolute atomic E-state index is 9.31. The van der Waals surface area contributed by atoms with E-state index in [9.17, 15) is 5.11 Å². The summed E-state index contributed by atoms with van der Waals surface area (Å²) < 4.78 is 0. The molecule has 0 amide bonds. The summed E-state index contributed by atoms with van der Waals surface area (Å²) in [6.07, 6.45) is 0. The van der Waals surface area contributed by atoms with Crippen molar-refractivity contribution in [3.63, 3.8) is 0 Å². The first-order valence-corrected chi connectivity index (χ1v) is 7.17. The van der Waals surface area contributed by atoms with Crippen LogP contribution in [0.3, 0.4) is 0 Å². The highest BCUT2D eigenvalue weighted by molar-refractivity contribution is 6.35. The van der Waals surface area contributed by atoms with Crippen molar-refractivity contribution >= 4 is 23.2 Å². The van der Waals surface area contributed by atoms with E-state index in [1.807, 2.05) is 18.2 Å². The fourth-order valence-corrected chi connectivity index (χ4v) is 3.15. The molecule has 1 aliphatic heterocycles. The second-order valence-electron chi connectivity index (χ2n) is 4.91. The van der Waals surface area contributed by atoms with Gasteiger partial charge in [0.2, 0.25) is 0 Å². The summed E-state index contributed by atoms with van der Waals surface area (Å²) in [5.41, 5.74) is 3.67. The van der Waals surface area contributed by atoms with Gasteiger partial charge in [0, 0.05) is 30.8 Å². The molecule has 0 radical (unpaired) electrons. The van der Waals surface area contributed by atoms with Gasteiger partial charge in [0.25, 0.3) is 0 Å². The Balaban J connectivity index is 1.84. The van der Waals surface area contributed by atoms with Crippen molar-refractivity contribution in [2.45, 2.75) is 26.2 Å². The highest BCUT2D eigenvalue weighted by Crippen LogP contribution is 2.34. The lowest BCUT2D eigenvalue weighted by Crippen LogP contribution is -2.15. The predicted molar refractivity (Wildman–Crippen MR) is 79.6 cm³/mol. The van der Waals surface area contributed by atoms with E-state index in [0.717, 1.165) is 30.9 Å². The SMILES string of the molecule is OCc1c(Cl)nc2c(c1Cl)CN(Cc1ccccc1)C2. The largest absolute Gasteiger partial charge is 0.392 e. The number of aliphatic hydroxyl groups is 1. The standard InChI is InChI=1S/C15H14Cl2N2O/c16-14-11-7-19(6-10-4-2-1-3-5-10)8-13(11)18-15(17)12(14)9-20/h1-5,20H,6-9H2. The number of aliphatic hydroxyl groups excluding tert-OH is 1. The lowest BCUT2D eigenvalue weighted by molar-refractivity contribution is 0.273. The second-order valence-corrected chi connectivity index (χ2v) is 5.65. The molecule has 104 valence electrons. The van der Waals surface area contributed by atoms with Crippen LogP contribution in [-0.4, -0.2) is 15.0 Å². The molecule has 0 bridgehead atoms. The summed E-state index contributed by atoms with van der Waals surface area (Å²) in [7, 11) is 0. The molecule has 2 aromatic rings. The molecule has 0 fully saturated rings. The molecule has 5 heteroatoms. The minimum absolute atomic E-state index is 0.184. The Morgan fingerprint density at radius 1 is 1.15 bits per heavy atom. The lowest BCUT2D eigenvalue weighted by Gasteiger charge is -2.14. The van der Waals surface area contributed by atoms with Crippen LogP contribution >= 0.6 is 23.2 Å². The fraction of sp³-hybridized carbons (Fsp3) is 0.267. The molecule has 0 spiro atoms. The molecule has 1 aromatic carbocycles. The van der Waals surface area contributed by atoms with Gasteiger partial charge >= 0.3 is 0 Å². The van der Waals surface area contributed by atoms with Crippen molar-refractivity contribution in [2.75, 3.05) is 0 Å². The summed E-state index contributed by atoms with van der Waals surface area (Å²) in [5, 5.41) is 10.2. The van der Waals surface area contributed by atoms with Crippen LogP contribution in [0.25, 0.3) is 0 Å². The topological polar surface area (TPSA) is 36.4 Å². The average molecular weight is 309 g/mol. The third kappa shape index (κ3) is 2.54. The van der Waals surface area contributed by atoms with E-state index >= 15 is 0 Å². The number of aromatic nitrogens is 1. The van der Waals surface area contributed by atoms with Gasteiger partial charge in [0.05, 0.1) is 17.3 Å². The fourth-order valence-electron chi connectivity index (χ4n) is 2.52. The zero-order chi connectivity index (χ0) is 14.1. The normalized spacial score (nSPS) is 14.6. The van der Waals surface area contributed by atoms with E-state index in [1.165, 1.54) is 5.56 Å². The number of pyridine rings is 1. The van der Waals surface area contributed by atoms with Crippen molar-refractivity contribution in [3.8, 4) is 0 Å². The van der Waals surface area contributed by atoms with Gasteiger partial charge in [-0.2, -0.15) is 0 Å². The number of benzene rings is 1. The maximum Gasteiger partial charge on any atom is 0.136 e. The number of hydrogen-bond acceptors (Lipinski definition) is 3. The van der Waals surface area contributed by atoms with Crippen LogP contribution in [0.1, 0.15) is 22.4 Å². The number of hydrogen-bond donors (Lipinski definition) is 1. The van der Waals surface area contributed by atoms with Gasteiger partial charge in [-0.25, -0.2) is 4.98 Å². The van der Waals surface area contributed by atoms with Crippen LogP contribution in [0.5, 0.6) is 0 Å². The van der Waals surface area contributed by atoms with Crippen molar-refractivity contribution in [3.05, 3.63) is 62.9 Å². The first-order chi connectivity index (χ1) is 9.69. The minimum atomic E-state index is -0.184. The van der Waals surface area contributed by atoms with Gasteiger partial charge in [-0.15, -0.1) is 0 Å². The highest BCUT2D eigenvalue weighted by atomic mass is 35.5. The van der Waals surface area contributed by atoms with Crippen molar-refractivity contribution in [1.82, 2.24) is 9.88 Å². The summed E-state index contributed by atoms with van der Waals surface area (Å²) in [5.74, 6) is 0. The Hall–Kier alpha value is -1.13. The molecule has 3 rings (SSSR count). The quantitative estimate of drug-likeness (QED) is 0.883. The van der Waals surface area contributed by atoms with E-state index < -0.39 is 0 Å². The van der Waals surface area contributed by atoms with Gasteiger partial charge in [0.1, 0.15) is 5.15 Å². The van der Waals surface area contributed by atoms with Crippen molar-refractivity contribution < 1.29 is 5.11 Å². The predicted octanol–water partition coefficient (Wildman–Crippen LogP) is 3.40. The first-order valence-electron chi connectivity index (χ1n) is 6.41. The number of halogens is 2. The minimum Gasteiger partial charge on any atom is -0.392 e. The molecule has 1 aliphatic rings. The molecule has 0 aliphatic carbocycles. The number of rotatable bonds is 3. The van der Waals surface area contributed by atoms with Gasteiger partial charge < -0.3 is 5.11 Å². The molecule has 0 saturated heterocycles. The molecule has 20 heavy (non-hydrogen) atoms. The zero-order valence-corrected chi connectivity index (χ0v) is 12.3. The summed E-state index contributed by atoms with van der Waals surface area (Å²) in [6, 6.07) is 10.3. The molecule has 2 heterocycles. The molecule has 0 atom stereocenters. The Bertz CT molecular complexity index is 632. The van der Waals surface area contributed by atoms with Gasteiger partial charge in [-0.3, -0.25) is 4.90 Å². The van der Waals surface area contributed by atoms with E-state index in [2.05, 4.69) is 22.0 Å². The van der Waals surface area contributed by atoms with Gasteiger partial charge in [0.15, 0.2) is 0 Å². The lowest BCUT2D eigenvalue weighted by atomic mass is 10.1. The summed E-state index contributed by atoms with van der Waals surface area (Å²) in [4.78, 5) is 6.62. The van der Waals surface area contributed by atoms with Crippen LogP contribution in [-0.2, 0) is 26.2 Å². The number of nitrogens with zero attached hydrogens (tertiary/aromatic N) is 2. The Kier molecular flexibility index (Phi) is 3.94. The molecule has 0 unspecified atom stereocenters. The third-order valence-electron chi connectivity index (χ3n) is 3.52. The van der Waals surface area contributed by atoms with Crippen LogP contribution < -0.4 is 0 Å². The molecular weight excluding hydrogens is 295 g/mol. The zero-order valence-electron chi connectivity index (χ0n) is 10.8. The first kappa shape index (κ1) is 13.8. The number of fused-ring (bicyclic) bond motifs is 1. The van der Waals surface area contributed by atoms with E-state index in [-0.39, 0.29) is 6.61 Å². The van der Waals surface area contributed by atoms with E-state index in [1.54, 1.807) is 0 Å². The van der Waals surface area contributed by atoms with Gasteiger partial charge in [-0.05, 0) is 5.56 Å². The summed E-state index contributed by atoms with van der Waals surface area (Å²) >= 11 is 12.4. The molecule has 1 N–H and O–H groups in total. The Labute approximate surface area is 127 Å². The third-order valence-corrected chi connectivity index (χ3v) is 4.29. The average Bonchev–Trinajstić information content (AvgIpc) is 2.83. The maximum atomic E-state index is 9.31. The monoisotopic (exact) mass is 308 g/mol. The van der Waals surface area contributed by atoms with Crippen LogP contribution in [0.4, 0.5) is 0 Å². The van der Waals surface area contributed by atoms with Crippen LogP contribution in [0, 0.1) is 0 Å². The van der Waals surface area contributed by atoms with Crippen LogP contribution in [0.2, 0.25) is 10.2 Å². The van der Waals surface area contributed by atoms with Gasteiger partial charge in [-0.1, -0.05) is 53.5 Å².